The van der Waals surface area contributed by atoms with Gasteiger partial charge in [-0.25, -0.2) is 9.97 Å². The molecule has 0 spiro atoms. The fourth-order valence-corrected chi connectivity index (χ4v) is 3.31. The normalized spacial score (nSPS) is 10.9. The number of hydrogen-bond donors (Lipinski definition) is 1. The molecule has 1 N–H and O–H groups in total. The van der Waals surface area contributed by atoms with Crippen molar-refractivity contribution >= 4 is 33.6 Å². The maximum absolute atomic E-state index is 13.6. The summed E-state index contributed by atoms with van der Waals surface area (Å²) in [7, 11) is 7.84. The first-order chi connectivity index (χ1) is 16.4. The summed E-state index contributed by atoms with van der Waals surface area (Å²) in [5, 5.41) is 2.73. The van der Waals surface area contributed by atoms with Gasteiger partial charge in [0.25, 0.3) is 11.8 Å². The number of rotatable bonds is 18. The third-order valence-electron chi connectivity index (χ3n) is 4.69. The maximum atomic E-state index is 13.6. The van der Waals surface area contributed by atoms with Gasteiger partial charge in [0.1, 0.15) is 4.60 Å². The number of carbonyl (C=O) groups is 2. The van der Waals surface area contributed by atoms with Gasteiger partial charge < -0.3 is 38.8 Å². The van der Waals surface area contributed by atoms with E-state index in [2.05, 4.69) is 31.2 Å². The van der Waals surface area contributed by atoms with Crippen LogP contribution in [0.4, 0.5) is 5.82 Å². The molecule has 0 atom stereocenters. The Kier molecular flexibility index (Phi) is 15.5. The Labute approximate surface area is 209 Å². The average molecular weight is 550 g/mol. The van der Waals surface area contributed by atoms with Crippen LogP contribution in [0.2, 0.25) is 0 Å². The number of nitrogens with one attached hydrogen (secondary N) is 1. The molecule has 0 saturated heterocycles. The highest BCUT2D eigenvalue weighted by molar-refractivity contribution is 9.10. The van der Waals surface area contributed by atoms with Gasteiger partial charge in [-0.3, -0.25) is 9.59 Å². The number of amides is 2. The van der Waals surface area contributed by atoms with Crippen LogP contribution in [0.1, 0.15) is 21.0 Å². The first kappa shape index (κ1) is 30.1. The SMILES string of the molecule is COCCNC(=O)c1nc(N(CCOC)CCOC)c(C(=O)N(CCOC)CCOC)nc1Br. The molecule has 0 aliphatic heterocycles. The number of hydrogen-bond acceptors (Lipinski definition) is 10. The Hall–Kier alpha value is -1.90. The first-order valence-corrected chi connectivity index (χ1v) is 11.6. The van der Waals surface area contributed by atoms with Crippen molar-refractivity contribution in [2.24, 2.45) is 0 Å². The van der Waals surface area contributed by atoms with Crippen LogP contribution in [0.15, 0.2) is 4.60 Å². The van der Waals surface area contributed by atoms with Crippen LogP contribution in [0, 0.1) is 0 Å². The van der Waals surface area contributed by atoms with E-state index in [4.69, 9.17) is 23.7 Å². The molecule has 1 aromatic heterocycles. The van der Waals surface area contributed by atoms with Crippen molar-refractivity contribution in [2.45, 2.75) is 0 Å². The number of nitrogens with zero attached hydrogens (tertiary/aromatic N) is 4. The lowest BCUT2D eigenvalue weighted by molar-refractivity contribution is 0.0621. The third-order valence-corrected chi connectivity index (χ3v) is 5.25. The summed E-state index contributed by atoms with van der Waals surface area (Å²) in [4.78, 5) is 38.7. The molecule has 0 saturated carbocycles. The van der Waals surface area contributed by atoms with E-state index in [9.17, 15) is 9.59 Å². The molecule has 0 aliphatic rings. The van der Waals surface area contributed by atoms with Crippen LogP contribution in [0.5, 0.6) is 0 Å². The van der Waals surface area contributed by atoms with Crippen molar-refractivity contribution in [1.29, 1.82) is 0 Å². The van der Waals surface area contributed by atoms with Gasteiger partial charge in [0.15, 0.2) is 17.2 Å². The van der Waals surface area contributed by atoms with Crippen LogP contribution < -0.4 is 10.2 Å². The molecule has 0 radical (unpaired) electrons. The first-order valence-electron chi connectivity index (χ1n) is 10.8. The zero-order valence-electron chi connectivity index (χ0n) is 20.6. The lowest BCUT2D eigenvalue weighted by Gasteiger charge is -2.28. The highest BCUT2D eigenvalue weighted by atomic mass is 79.9. The van der Waals surface area contributed by atoms with Crippen molar-refractivity contribution in [3.63, 3.8) is 0 Å². The number of carbonyl (C=O) groups excluding carboxylic acids is 2. The van der Waals surface area contributed by atoms with Gasteiger partial charge in [-0.1, -0.05) is 0 Å². The van der Waals surface area contributed by atoms with Gasteiger partial charge >= 0.3 is 0 Å². The summed E-state index contributed by atoms with van der Waals surface area (Å²) >= 11 is 3.31. The number of methoxy groups -OCH3 is 5. The van der Waals surface area contributed by atoms with Crippen molar-refractivity contribution in [3.05, 3.63) is 16.0 Å². The summed E-state index contributed by atoms with van der Waals surface area (Å²) in [6, 6.07) is 0. The maximum Gasteiger partial charge on any atom is 0.276 e. The van der Waals surface area contributed by atoms with Gasteiger partial charge in [-0.15, -0.1) is 0 Å². The van der Waals surface area contributed by atoms with E-state index in [-0.39, 0.29) is 27.7 Å². The van der Waals surface area contributed by atoms with Crippen molar-refractivity contribution in [3.8, 4) is 0 Å². The predicted molar refractivity (Wildman–Crippen MR) is 130 cm³/mol. The minimum Gasteiger partial charge on any atom is -0.383 e. The minimum absolute atomic E-state index is 0.0582. The topological polar surface area (TPSA) is 125 Å². The summed E-state index contributed by atoms with van der Waals surface area (Å²) in [6.07, 6.45) is 0. The summed E-state index contributed by atoms with van der Waals surface area (Å²) in [5.74, 6) is -0.534. The van der Waals surface area contributed by atoms with Gasteiger partial charge in [-0.2, -0.15) is 0 Å². The number of halogens is 1. The Morgan fingerprint density at radius 2 is 1.26 bits per heavy atom. The zero-order valence-corrected chi connectivity index (χ0v) is 22.2. The summed E-state index contributed by atoms with van der Waals surface area (Å²) < 4.78 is 25.9. The van der Waals surface area contributed by atoms with E-state index in [1.54, 1.807) is 40.4 Å². The molecule has 0 fully saturated rings. The molecule has 194 valence electrons. The predicted octanol–water partition coefficient (Wildman–Crippen LogP) is 0.450. The van der Waals surface area contributed by atoms with E-state index >= 15 is 0 Å². The second-order valence-electron chi connectivity index (χ2n) is 7.03. The molecule has 1 rings (SSSR count). The molecule has 0 bridgehead atoms. The molecular weight excluding hydrogens is 514 g/mol. The van der Waals surface area contributed by atoms with Crippen LogP contribution >= 0.6 is 15.9 Å². The van der Waals surface area contributed by atoms with Gasteiger partial charge in [0.05, 0.1) is 33.0 Å². The van der Waals surface area contributed by atoms with Gasteiger partial charge in [-0.05, 0) is 15.9 Å². The molecule has 0 unspecified atom stereocenters. The molecule has 12 nitrogen and oxygen atoms in total. The fraction of sp³-hybridized carbons (Fsp3) is 0.714. The largest absolute Gasteiger partial charge is 0.383 e. The van der Waals surface area contributed by atoms with Crippen LogP contribution in [0.3, 0.4) is 0 Å². The fourth-order valence-electron chi connectivity index (χ4n) is 2.86. The quantitative estimate of drug-likeness (QED) is 0.258. The van der Waals surface area contributed by atoms with Crippen molar-refractivity contribution in [1.82, 2.24) is 20.2 Å². The standard InChI is InChI=1S/C21H36BrN5O7/c1-30-11-6-23-20(28)16-18(22)24-17(21(29)27(9-14-33-4)10-15-34-5)19(25-16)26(7-12-31-2)8-13-32-3/h6-15H2,1-5H3,(H,23,28). The second-order valence-corrected chi connectivity index (χ2v) is 7.79. The molecular formula is C21H36BrN5O7. The highest BCUT2D eigenvalue weighted by Crippen LogP contribution is 2.24. The van der Waals surface area contributed by atoms with Crippen LogP contribution in [0.25, 0.3) is 0 Å². The molecule has 1 aromatic rings. The minimum atomic E-state index is -0.439. The van der Waals surface area contributed by atoms with E-state index in [0.717, 1.165) is 0 Å². The molecule has 2 amide bonds. The Balaban J connectivity index is 3.48. The van der Waals surface area contributed by atoms with E-state index in [1.165, 1.54) is 0 Å². The third kappa shape index (κ3) is 9.76. The van der Waals surface area contributed by atoms with Crippen LogP contribution in [-0.4, -0.2) is 128 Å². The van der Waals surface area contributed by atoms with Crippen molar-refractivity contribution < 1.29 is 33.3 Å². The average Bonchev–Trinajstić information content (AvgIpc) is 2.84. The Morgan fingerprint density at radius 3 is 1.76 bits per heavy atom. The molecule has 0 aliphatic carbocycles. The Morgan fingerprint density at radius 1 is 0.765 bits per heavy atom. The molecule has 13 heteroatoms. The number of aromatic nitrogens is 2. The number of ether oxygens (including phenoxy) is 5. The summed E-state index contributed by atoms with van der Waals surface area (Å²) in [6.45, 7) is 3.60. The smallest absolute Gasteiger partial charge is 0.276 e. The molecule has 1 heterocycles. The van der Waals surface area contributed by atoms with Crippen LogP contribution in [-0.2, 0) is 23.7 Å². The van der Waals surface area contributed by atoms with Crippen molar-refractivity contribution in [2.75, 3.05) is 106 Å². The number of anilines is 1. The lowest BCUT2D eigenvalue weighted by atomic mass is 10.2. The van der Waals surface area contributed by atoms with E-state index < -0.39 is 5.91 Å². The highest BCUT2D eigenvalue weighted by Gasteiger charge is 2.28. The monoisotopic (exact) mass is 549 g/mol. The molecule has 34 heavy (non-hydrogen) atoms. The Bertz CT molecular complexity index is 740. The van der Waals surface area contributed by atoms with E-state index in [0.29, 0.717) is 65.8 Å². The second kappa shape index (κ2) is 17.5. The summed E-state index contributed by atoms with van der Waals surface area (Å²) in [5.41, 5.74) is 0.155. The van der Waals surface area contributed by atoms with Gasteiger partial charge in [0.2, 0.25) is 0 Å². The molecule has 0 aromatic carbocycles. The lowest BCUT2D eigenvalue weighted by Crippen LogP contribution is -2.40. The van der Waals surface area contributed by atoms with E-state index in [1.807, 2.05) is 4.90 Å². The van der Waals surface area contributed by atoms with Gasteiger partial charge in [0, 0.05) is 68.3 Å². The zero-order chi connectivity index (χ0) is 25.3.